The van der Waals surface area contributed by atoms with E-state index in [1.54, 1.807) is 30.3 Å². The minimum absolute atomic E-state index is 0.220. The zero-order valence-electron chi connectivity index (χ0n) is 18.2. The average molecular weight is 425 g/mol. The van der Waals surface area contributed by atoms with E-state index in [9.17, 15) is 9.59 Å². The summed E-state index contributed by atoms with van der Waals surface area (Å²) in [4.78, 5) is 25.5. The highest BCUT2D eigenvalue weighted by Gasteiger charge is 2.17. The Morgan fingerprint density at radius 2 is 1.41 bits per heavy atom. The Hall–Kier alpha value is -4.19. The van der Waals surface area contributed by atoms with Crippen molar-refractivity contribution in [3.05, 3.63) is 107 Å². The Bertz CT molecular complexity index is 1290. The lowest BCUT2D eigenvalue weighted by atomic mass is 10.1. The number of rotatable bonds is 5. The second-order valence-corrected chi connectivity index (χ2v) is 7.65. The highest BCUT2D eigenvalue weighted by Crippen LogP contribution is 2.24. The smallest absolute Gasteiger partial charge is 0.255 e. The van der Waals surface area contributed by atoms with E-state index < -0.39 is 0 Å². The van der Waals surface area contributed by atoms with Gasteiger partial charge in [0.15, 0.2) is 0 Å². The summed E-state index contributed by atoms with van der Waals surface area (Å²) < 4.78 is 1.81. The van der Waals surface area contributed by atoms with E-state index in [-0.39, 0.29) is 11.8 Å². The summed E-state index contributed by atoms with van der Waals surface area (Å²) in [5.41, 5.74) is 5.74. The quantitative estimate of drug-likeness (QED) is 0.456. The second-order valence-electron chi connectivity index (χ2n) is 7.65. The van der Waals surface area contributed by atoms with Crippen LogP contribution >= 0.6 is 0 Å². The van der Waals surface area contributed by atoms with Gasteiger partial charge in [-0.05, 0) is 63.2 Å². The fraction of sp³-hybridized carbons (Fsp3) is 0.115. The summed E-state index contributed by atoms with van der Waals surface area (Å²) in [6.45, 7) is 5.72. The Morgan fingerprint density at radius 1 is 0.750 bits per heavy atom. The molecule has 4 rings (SSSR count). The standard InChI is InChI=1S/C26H24N4O2/c1-17-9-7-10-20(15-17)25(31)27-22-12-8-11-21(16-22)26(32)28-24-18(2)29-30(19(24)3)23-13-5-4-6-14-23/h4-16H,1-3H3,(H,27,31)(H,28,32). The maximum absolute atomic E-state index is 13.0. The number of para-hydroxylation sites is 1. The molecule has 0 bridgehead atoms. The van der Waals surface area contributed by atoms with Gasteiger partial charge in [-0.15, -0.1) is 0 Å². The monoisotopic (exact) mass is 424 g/mol. The summed E-state index contributed by atoms with van der Waals surface area (Å²) in [7, 11) is 0. The Balaban J connectivity index is 1.53. The van der Waals surface area contributed by atoms with Crippen LogP contribution in [-0.2, 0) is 0 Å². The van der Waals surface area contributed by atoms with E-state index in [1.165, 1.54) is 0 Å². The molecule has 2 N–H and O–H groups in total. The topological polar surface area (TPSA) is 76.0 Å². The zero-order valence-corrected chi connectivity index (χ0v) is 18.2. The van der Waals surface area contributed by atoms with Gasteiger partial charge in [0, 0.05) is 16.8 Å². The molecular weight excluding hydrogens is 400 g/mol. The number of aryl methyl sites for hydroxylation is 2. The first-order valence-electron chi connectivity index (χ1n) is 10.3. The highest BCUT2D eigenvalue weighted by molar-refractivity contribution is 6.07. The van der Waals surface area contributed by atoms with Crippen LogP contribution in [-0.4, -0.2) is 21.6 Å². The molecule has 6 heteroatoms. The van der Waals surface area contributed by atoms with Crippen LogP contribution in [0.5, 0.6) is 0 Å². The van der Waals surface area contributed by atoms with Gasteiger partial charge in [0.05, 0.1) is 22.8 Å². The van der Waals surface area contributed by atoms with Crippen LogP contribution in [0.15, 0.2) is 78.9 Å². The summed E-state index contributed by atoms with van der Waals surface area (Å²) in [6, 6.07) is 24.0. The van der Waals surface area contributed by atoms with Gasteiger partial charge < -0.3 is 10.6 Å². The number of nitrogens with zero attached hydrogens (tertiary/aromatic N) is 2. The molecule has 3 aromatic carbocycles. The molecule has 32 heavy (non-hydrogen) atoms. The molecule has 2 amide bonds. The van der Waals surface area contributed by atoms with Crippen molar-refractivity contribution in [1.29, 1.82) is 0 Å². The number of hydrogen-bond acceptors (Lipinski definition) is 3. The number of amides is 2. The van der Waals surface area contributed by atoms with Crippen LogP contribution in [0.4, 0.5) is 11.4 Å². The third-order valence-corrected chi connectivity index (χ3v) is 5.19. The van der Waals surface area contributed by atoms with Crippen LogP contribution in [0.25, 0.3) is 5.69 Å². The average Bonchev–Trinajstić information content (AvgIpc) is 3.08. The Kier molecular flexibility index (Phi) is 5.85. The van der Waals surface area contributed by atoms with Gasteiger partial charge in [0.2, 0.25) is 0 Å². The van der Waals surface area contributed by atoms with Crippen molar-refractivity contribution in [2.45, 2.75) is 20.8 Å². The summed E-state index contributed by atoms with van der Waals surface area (Å²) in [6.07, 6.45) is 0. The third-order valence-electron chi connectivity index (χ3n) is 5.19. The Labute approximate surface area is 186 Å². The van der Waals surface area contributed by atoms with Crippen molar-refractivity contribution < 1.29 is 9.59 Å². The van der Waals surface area contributed by atoms with Crippen molar-refractivity contribution in [2.24, 2.45) is 0 Å². The second kappa shape index (κ2) is 8.89. The zero-order chi connectivity index (χ0) is 22.7. The van der Waals surface area contributed by atoms with E-state index in [4.69, 9.17) is 0 Å². The molecule has 0 unspecified atom stereocenters. The molecule has 160 valence electrons. The predicted octanol–water partition coefficient (Wildman–Crippen LogP) is 5.30. The first-order chi connectivity index (χ1) is 15.4. The third kappa shape index (κ3) is 4.44. The molecule has 6 nitrogen and oxygen atoms in total. The number of anilines is 2. The van der Waals surface area contributed by atoms with Gasteiger partial charge in [-0.25, -0.2) is 4.68 Å². The number of benzene rings is 3. The maximum Gasteiger partial charge on any atom is 0.255 e. The van der Waals surface area contributed by atoms with E-state index in [2.05, 4.69) is 15.7 Å². The summed E-state index contributed by atoms with van der Waals surface area (Å²) >= 11 is 0. The molecule has 0 atom stereocenters. The molecule has 0 radical (unpaired) electrons. The van der Waals surface area contributed by atoms with Gasteiger partial charge in [0.25, 0.3) is 11.8 Å². The number of carbonyl (C=O) groups is 2. The number of carbonyl (C=O) groups excluding carboxylic acids is 2. The van der Waals surface area contributed by atoms with Crippen molar-refractivity contribution in [3.63, 3.8) is 0 Å². The minimum Gasteiger partial charge on any atom is -0.322 e. The fourth-order valence-corrected chi connectivity index (χ4v) is 3.56. The van der Waals surface area contributed by atoms with E-state index in [0.717, 1.165) is 22.6 Å². The normalized spacial score (nSPS) is 10.6. The van der Waals surface area contributed by atoms with Crippen LogP contribution in [0, 0.1) is 20.8 Å². The number of hydrogen-bond donors (Lipinski definition) is 2. The van der Waals surface area contributed by atoms with Crippen LogP contribution < -0.4 is 10.6 Å². The molecule has 0 saturated carbocycles. The highest BCUT2D eigenvalue weighted by atomic mass is 16.2. The first-order valence-corrected chi connectivity index (χ1v) is 10.3. The van der Waals surface area contributed by atoms with Crippen LogP contribution in [0.3, 0.4) is 0 Å². The SMILES string of the molecule is Cc1cccc(C(=O)Nc2cccc(C(=O)Nc3c(C)nn(-c4ccccc4)c3C)c2)c1. The molecule has 1 aromatic heterocycles. The van der Waals surface area contributed by atoms with E-state index >= 15 is 0 Å². The lowest BCUT2D eigenvalue weighted by Gasteiger charge is -2.10. The number of aromatic nitrogens is 2. The maximum atomic E-state index is 13.0. The van der Waals surface area contributed by atoms with Gasteiger partial charge in [-0.2, -0.15) is 5.10 Å². The molecular formula is C26H24N4O2. The summed E-state index contributed by atoms with van der Waals surface area (Å²) in [5, 5.41) is 10.4. The largest absolute Gasteiger partial charge is 0.322 e. The van der Waals surface area contributed by atoms with E-state index in [0.29, 0.717) is 22.5 Å². The van der Waals surface area contributed by atoms with E-state index in [1.807, 2.05) is 74.0 Å². The van der Waals surface area contributed by atoms with Crippen LogP contribution in [0.1, 0.15) is 37.7 Å². The lowest BCUT2D eigenvalue weighted by Crippen LogP contribution is -2.15. The van der Waals surface area contributed by atoms with Crippen molar-refractivity contribution in [2.75, 3.05) is 10.6 Å². The molecule has 0 aliphatic carbocycles. The molecule has 1 heterocycles. The molecule has 0 aliphatic rings. The minimum atomic E-state index is -0.268. The summed E-state index contributed by atoms with van der Waals surface area (Å²) in [5.74, 6) is -0.488. The molecule has 0 saturated heterocycles. The van der Waals surface area contributed by atoms with Crippen LogP contribution in [0.2, 0.25) is 0 Å². The lowest BCUT2D eigenvalue weighted by molar-refractivity contribution is 0.101. The van der Waals surface area contributed by atoms with Crippen molar-refractivity contribution in [3.8, 4) is 5.69 Å². The molecule has 0 aliphatic heterocycles. The van der Waals surface area contributed by atoms with Gasteiger partial charge in [-0.3, -0.25) is 9.59 Å². The predicted molar refractivity (Wildman–Crippen MR) is 127 cm³/mol. The Morgan fingerprint density at radius 3 is 2.12 bits per heavy atom. The number of nitrogens with one attached hydrogen (secondary N) is 2. The molecule has 0 fully saturated rings. The first kappa shape index (κ1) is 21.1. The fourth-order valence-electron chi connectivity index (χ4n) is 3.56. The van der Waals surface area contributed by atoms with Crippen molar-refractivity contribution >= 4 is 23.2 Å². The molecule has 4 aromatic rings. The van der Waals surface area contributed by atoms with Gasteiger partial charge >= 0.3 is 0 Å². The van der Waals surface area contributed by atoms with Crippen molar-refractivity contribution in [1.82, 2.24) is 9.78 Å². The van der Waals surface area contributed by atoms with Gasteiger partial charge in [0.1, 0.15) is 0 Å². The molecule has 0 spiro atoms. The van der Waals surface area contributed by atoms with Gasteiger partial charge in [-0.1, -0.05) is 42.0 Å².